The fourth-order valence-electron chi connectivity index (χ4n) is 0.965. The molecule has 84 valence electrons. The van der Waals surface area contributed by atoms with Crippen LogP contribution in [0.25, 0.3) is 0 Å². The molecule has 5 heteroatoms. The van der Waals surface area contributed by atoms with E-state index in [1.54, 1.807) is 18.2 Å². The Bertz CT molecular complexity index is 305. The Morgan fingerprint density at radius 1 is 1.13 bits per heavy atom. The molecule has 1 aromatic rings. The Morgan fingerprint density at radius 3 is 2.67 bits per heavy atom. The summed E-state index contributed by atoms with van der Waals surface area (Å²) in [5.74, 6) is 0.539. The second-order valence-electron chi connectivity index (χ2n) is 2.76. The van der Waals surface area contributed by atoms with E-state index in [-0.39, 0.29) is 6.61 Å². The van der Waals surface area contributed by atoms with E-state index in [0.717, 1.165) is 0 Å². The molecule has 0 radical (unpaired) electrons. The Balaban J connectivity index is 2.33. The number of aliphatic hydroxyl groups is 1. The third-order valence-corrected chi connectivity index (χ3v) is 2.16. The van der Waals surface area contributed by atoms with Crippen LogP contribution < -0.4 is 4.74 Å². The van der Waals surface area contributed by atoms with Crippen LogP contribution in [-0.2, 0) is 4.74 Å². The molecule has 0 atom stereocenters. The van der Waals surface area contributed by atoms with Crippen LogP contribution in [0.2, 0.25) is 10.0 Å². The normalized spacial score (nSPS) is 10.3. The van der Waals surface area contributed by atoms with Crippen LogP contribution in [0, 0.1) is 0 Å². The quantitative estimate of drug-likeness (QED) is 0.789. The average molecular weight is 251 g/mol. The Hall–Kier alpha value is -0.480. The van der Waals surface area contributed by atoms with Crippen LogP contribution in [-0.4, -0.2) is 31.5 Å². The number of ether oxygens (including phenoxy) is 2. The van der Waals surface area contributed by atoms with Crippen molar-refractivity contribution < 1.29 is 14.6 Å². The minimum absolute atomic E-state index is 0.0118. The fraction of sp³-hybridized carbons (Fsp3) is 0.400. The monoisotopic (exact) mass is 250 g/mol. The summed E-state index contributed by atoms with van der Waals surface area (Å²) < 4.78 is 10.4. The summed E-state index contributed by atoms with van der Waals surface area (Å²) in [5.41, 5.74) is 0. The van der Waals surface area contributed by atoms with Gasteiger partial charge in [0.15, 0.2) is 0 Å². The summed E-state index contributed by atoms with van der Waals surface area (Å²) in [6, 6.07) is 5.02. The highest BCUT2D eigenvalue weighted by Crippen LogP contribution is 2.27. The van der Waals surface area contributed by atoms with Crippen LogP contribution in [0.4, 0.5) is 0 Å². The summed E-state index contributed by atoms with van der Waals surface area (Å²) in [5, 5.41) is 9.55. The maximum absolute atomic E-state index is 8.46. The molecule has 0 heterocycles. The molecular weight excluding hydrogens is 239 g/mol. The summed E-state index contributed by atoms with van der Waals surface area (Å²) >= 11 is 11.6. The van der Waals surface area contributed by atoms with Crippen LogP contribution >= 0.6 is 23.2 Å². The van der Waals surface area contributed by atoms with Gasteiger partial charge in [-0.1, -0.05) is 23.2 Å². The summed E-state index contributed by atoms with van der Waals surface area (Å²) in [4.78, 5) is 0. The van der Waals surface area contributed by atoms with E-state index >= 15 is 0 Å². The molecule has 0 aliphatic carbocycles. The van der Waals surface area contributed by atoms with E-state index < -0.39 is 0 Å². The minimum atomic E-state index is 0.0118. The zero-order chi connectivity index (χ0) is 11.1. The molecule has 0 amide bonds. The van der Waals surface area contributed by atoms with Gasteiger partial charge in [0.05, 0.1) is 24.8 Å². The van der Waals surface area contributed by atoms with Crippen LogP contribution in [0.3, 0.4) is 0 Å². The number of rotatable bonds is 6. The zero-order valence-corrected chi connectivity index (χ0v) is 9.59. The first-order valence-electron chi connectivity index (χ1n) is 4.50. The molecule has 0 unspecified atom stereocenters. The lowest BCUT2D eigenvalue weighted by molar-refractivity contribution is 0.0705. The van der Waals surface area contributed by atoms with Gasteiger partial charge in [-0.25, -0.2) is 0 Å². The molecule has 1 N–H and O–H groups in total. The van der Waals surface area contributed by atoms with Crippen molar-refractivity contribution in [3.05, 3.63) is 28.2 Å². The van der Waals surface area contributed by atoms with Gasteiger partial charge in [-0.15, -0.1) is 0 Å². The lowest BCUT2D eigenvalue weighted by Crippen LogP contribution is -2.09. The van der Waals surface area contributed by atoms with Gasteiger partial charge < -0.3 is 14.6 Å². The number of hydrogen-bond donors (Lipinski definition) is 1. The van der Waals surface area contributed by atoms with E-state index in [0.29, 0.717) is 35.6 Å². The van der Waals surface area contributed by atoms with Crippen molar-refractivity contribution in [2.24, 2.45) is 0 Å². The first kappa shape index (κ1) is 12.6. The number of benzene rings is 1. The molecule has 0 spiro atoms. The lowest BCUT2D eigenvalue weighted by Gasteiger charge is -2.08. The molecule has 0 aromatic heterocycles. The predicted octanol–water partition coefficient (Wildman–Crippen LogP) is 2.38. The lowest BCUT2D eigenvalue weighted by atomic mass is 10.3. The van der Waals surface area contributed by atoms with Crippen LogP contribution in [0.1, 0.15) is 0 Å². The van der Waals surface area contributed by atoms with Gasteiger partial charge in [-0.05, 0) is 12.1 Å². The molecular formula is C10H12Cl2O3. The second kappa shape index (κ2) is 6.90. The Morgan fingerprint density at radius 2 is 1.93 bits per heavy atom. The van der Waals surface area contributed by atoms with E-state index in [2.05, 4.69) is 0 Å². The third-order valence-electron chi connectivity index (χ3n) is 1.61. The zero-order valence-electron chi connectivity index (χ0n) is 8.08. The highest BCUT2D eigenvalue weighted by molar-refractivity contribution is 6.34. The second-order valence-corrected chi connectivity index (χ2v) is 3.60. The molecule has 1 aromatic carbocycles. The molecule has 0 aliphatic heterocycles. The standard InChI is InChI=1S/C10H12Cl2O3/c11-8-1-2-9(12)10(7-8)15-6-5-14-4-3-13/h1-2,7,13H,3-6H2. The van der Waals surface area contributed by atoms with Gasteiger partial charge >= 0.3 is 0 Å². The summed E-state index contributed by atoms with van der Waals surface area (Å²) in [7, 11) is 0. The van der Waals surface area contributed by atoms with Gasteiger partial charge in [-0.2, -0.15) is 0 Å². The maximum atomic E-state index is 8.46. The van der Waals surface area contributed by atoms with Crippen molar-refractivity contribution in [1.29, 1.82) is 0 Å². The Labute approximate surface area is 98.5 Å². The number of hydrogen-bond acceptors (Lipinski definition) is 3. The van der Waals surface area contributed by atoms with E-state index in [1.165, 1.54) is 0 Å². The third kappa shape index (κ3) is 4.71. The van der Waals surface area contributed by atoms with Gasteiger partial charge in [0.2, 0.25) is 0 Å². The van der Waals surface area contributed by atoms with Crippen molar-refractivity contribution in [2.45, 2.75) is 0 Å². The predicted molar refractivity (Wildman–Crippen MR) is 59.9 cm³/mol. The summed E-state index contributed by atoms with van der Waals surface area (Å²) in [6.45, 7) is 1.11. The molecule has 0 bridgehead atoms. The molecule has 0 saturated carbocycles. The first-order chi connectivity index (χ1) is 7.24. The van der Waals surface area contributed by atoms with Crippen molar-refractivity contribution in [3.63, 3.8) is 0 Å². The van der Waals surface area contributed by atoms with Crippen LogP contribution in [0.5, 0.6) is 5.75 Å². The summed E-state index contributed by atoms with van der Waals surface area (Å²) in [6.07, 6.45) is 0. The van der Waals surface area contributed by atoms with E-state index in [4.69, 9.17) is 37.8 Å². The van der Waals surface area contributed by atoms with E-state index in [9.17, 15) is 0 Å². The molecule has 1 rings (SSSR count). The number of halogens is 2. The topological polar surface area (TPSA) is 38.7 Å². The van der Waals surface area contributed by atoms with Crippen molar-refractivity contribution in [1.82, 2.24) is 0 Å². The fourth-order valence-corrected chi connectivity index (χ4v) is 1.30. The highest BCUT2D eigenvalue weighted by Gasteiger charge is 2.01. The van der Waals surface area contributed by atoms with Crippen molar-refractivity contribution in [3.8, 4) is 5.75 Å². The molecule has 0 saturated heterocycles. The molecule has 0 aliphatic rings. The maximum Gasteiger partial charge on any atom is 0.139 e. The molecule has 15 heavy (non-hydrogen) atoms. The SMILES string of the molecule is OCCOCCOc1cc(Cl)ccc1Cl. The minimum Gasteiger partial charge on any atom is -0.490 e. The van der Waals surface area contributed by atoms with Crippen LogP contribution in [0.15, 0.2) is 18.2 Å². The van der Waals surface area contributed by atoms with Crippen molar-refractivity contribution >= 4 is 23.2 Å². The smallest absolute Gasteiger partial charge is 0.139 e. The first-order valence-corrected chi connectivity index (χ1v) is 5.26. The van der Waals surface area contributed by atoms with Gasteiger partial charge in [0.25, 0.3) is 0 Å². The van der Waals surface area contributed by atoms with Gasteiger partial charge in [-0.3, -0.25) is 0 Å². The Kier molecular flexibility index (Phi) is 5.79. The van der Waals surface area contributed by atoms with Crippen molar-refractivity contribution in [2.75, 3.05) is 26.4 Å². The van der Waals surface area contributed by atoms with Gasteiger partial charge in [0.1, 0.15) is 12.4 Å². The molecule has 3 nitrogen and oxygen atoms in total. The van der Waals surface area contributed by atoms with E-state index in [1.807, 2.05) is 0 Å². The largest absolute Gasteiger partial charge is 0.490 e. The average Bonchev–Trinajstić information content (AvgIpc) is 2.23. The highest BCUT2D eigenvalue weighted by atomic mass is 35.5. The van der Waals surface area contributed by atoms with Gasteiger partial charge in [0, 0.05) is 11.1 Å². The molecule has 0 fully saturated rings. The number of aliphatic hydroxyl groups excluding tert-OH is 1.